The molecule has 0 saturated carbocycles. The van der Waals surface area contributed by atoms with E-state index in [0.717, 1.165) is 11.5 Å². The molecule has 7 nitrogen and oxygen atoms in total. The van der Waals surface area contributed by atoms with Crippen LogP contribution in [0.15, 0.2) is 16.7 Å². The third kappa shape index (κ3) is 2.86. The van der Waals surface area contributed by atoms with Crippen LogP contribution in [0.5, 0.6) is 0 Å². The number of carbonyl (C=O) groups is 2. The van der Waals surface area contributed by atoms with Gasteiger partial charge in [-0.25, -0.2) is 0 Å². The number of piperazine rings is 1. The molecule has 3 heterocycles. The van der Waals surface area contributed by atoms with Gasteiger partial charge in [0.2, 0.25) is 0 Å². The van der Waals surface area contributed by atoms with Gasteiger partial charge < -0.3 is 14.2 Å². The lowest BCUT2D eigenvalue weighted by Gasteiger charge is -2.34. The molecule has 0 unspecified atom stereocenters. The molecular formula is C16H20N4O3. The molecule has 0 atom stereocenters. The summed E-state index contributed by atoms with van der Waals surface area (Å²) in [5.74, 6) is 1.29. The average molecular weight is 316 g/mol. The van der Waals surface area contributed by atoms with Crippen molar-refractivity contribution in [3.05, 3.63) is 40.6 Å². The van der Waals surface area contributed by atoms with Gasteiger partial charge in [-0.3, -0.25) is 14.7 Å². The normalized spacial score (nSPS) is 15.1. The number of aromatic amines is 1. The summed E-state index contributed by atoms with van der Waals surface area (Å²) in [4.78, 5) is 28.5. The Kier molecular flexibility index (Phi) is 3.94. The molecule has 0 spiro atoms. The first-order valence-corrected chi connectivity index (χ1v) is 7.63. The van der Waals surface area contributed by atoms with Crippen molar-refractivity contribution < 1.29 is 14.0 Å². The third-order valence-electron chi connectivity index (χ3n) is 4.19. The maximum absolute atomic E-state index is 12.5. The topological polar surface area (TPSA) is 82.4 Å². The van der Waals surface area contributed by atoms with Gasteiger partial charge in [-0.1, -0.05) is 0 Å². The molecule has 0 aromatic carbocycles. The lowest BCUT2D eigenvalue weighted by atomic mass is 10.1. The number of hydrogen-bond acceptors (Lipinski definition) is 4. The minimum absolute atomic E-state index is 0.0362. The number of aryl methyl sites for hydroxylation is 3. The van der Waals surface area contributed by atoms with E-state index in [1.54, 1.807) is 29.0 Å². The Morgan fingerprint density at radius 1 is 1.04 bits per heavy atom. The first-order valence-electron chi connectivity index (χ1n) is 7.63. The Hall–Kier alpha value is -2.57. The minimum atomic E-state index is -0.0429. The van der Waals surface area contributed by atoms with Crippen LogP contribution in [0.4, 0.5) is 0 Å². The number of aromatic nitrogens is 2. The Balaban J connectivity index is 1.64. The summed E-state index contributed by atoms with van der Waals surface area (Å²) in [5, 5.41) is 6.66. The molecular weight excluding hydrogens is 296 g/mol. The molecule has 0 aliphatic carbocycles. The summed E-state index contributed by atoms with van der Waals surface area (Å²) >= 11 is 0. The zero-order valence-corrected chi connectivity index (χ0v) is 13.5. The number of nitrogens with one attached hydrogen (secondary N) is 1. The van der Waals surface area contributed by atoms with Crippen LogP contribution in [-0.2, 0) is 0 Å². The third-order valence-corrected chi connectivity index (χ3v) is 4.19. The number of rotatable bonds is 2. The summed E-state index contributed by atoms with van der Waals surface area (Å²) in [5.41, 5.74) is 1.96. The van der Waals surface area contributed by atoms with Crippen molar-refractivity contribution in [2.45, 2.75) is 20.8 Å². The van der Waals surface area contributed by atoms with Crippen molar-refractivity contribution in [2.75, 3.05) is 26.2 Å². The molecule has 3 rings (SSSR count). The number of H-pyrrole nitrogens is 1. The SMILES string of the molecule is Cc1cc(C(=O)N2CCN(C(=O)c3cn[nH]c3C)CC2)c(C)o1. The van der Waals surface area contributed by atoms with E-state index < -0.39 is 0 Å². The number of hydrogen-bond donors (Lipinski definition) is 1. The number of furan rings is 1. The van der Waals surface area contributed by atoms with Crippen molar-refractivity contribution in [3.63, 3.8) is 0 Å². The van der Waals surface area contributed by atoms with Crippen LogP contribution in [-0.4, -0.2) is 58.0 Å². The van der Waals surface area contributed by atoms with Gasteiger partial charge in [0, 0.05) is 31.9 Å². The van der Waals surface area contributed by atoms with Crippen molar-refractivity contribution >= 4 is 11.8 Å². The maximum atomic E-state index is 12.5. The van der Waals surface area contributed by atoms with Gasteiger partial charge in [0.1, 0.15) is 11.5 Å². The Morgan fingerprint density at radius 3 is 2.04 bits per heavy atom. The van der Waals surface area contributed by atoms with Gasteiger partial charge in [0.15, 0.2) is 0 Å². The summed E-state index contributed by atoms with van der Waals surface area (Å²) in [6, 6.07) is 1.77. The fourth-order valence-electron chi connectivity index (χ4n) is 2.86. The predicted molar refractivity (Wildman–Crippen MR) is 83.3 cm³/mol. The van der Waals surface area contributed by atoms with Crippen LogP contribution in [0.1, 0.15) is 37.9 Å². The molecule has 23 heavy (non-hydrogen) atoms. The zero-order valence-electron chi connectivity index (χ0n) is 13.5. The predicted octanol–water partition coefficient (Wildman–Crippen LogP) is 1.53. The van der Waals surface area contributed by atoms with E-state index in [4.69, 9.17) is 4.42 Å². The van der Waals surface area contributed by atoms with Crippen molar-refractivity contribution in [1.82, 2.24) is 20.0 Å². The van der Waals surface area contributed by atoms with E-state index in [1.807, 2.05) is 13.8 Å². The molecule has 1 fully saturated rings. The standard InChI is InChI=1S/C16H20N4O3/c1-10-8-13(12(3)23-10)15(21)19-4-6-20(7-5-19)16(22)14-9-17-18-11(14)2/h8-9H,4-7H2,1-3H3,(H,17,18). The Labute approximate surface area is 134 Å². The highest BCUT2D eigenvalue weighted by molar-refractivity contribution is 5.96. The molecule has 1 aliphatic heterocycles. The van der Waals surface area contributed by atoms with Gasteiger partial charge >= 0.3 is 0 Å². The summed E-state index contributed by atoms with van der Waals surface area (Å²) in [6.45, 7) is 7.52. The minimum Gasteiger partial charge on any atom is -0.466 e. The Bertz CT molecular complexity index is 738. The Morgan fingerprint density at radius 2 is 1.61 bits per heavy atom. The van der Waals surface area contributed by atoms with Gasteiger partial charge in [-0.15, -0.1) is 0 Å². The van der Waals surface area contributed by atoms with Crippen LogP contribution < -0.4 is 0 Å². The molecule has 2 amide bonds. The van der Waals surface area contributed by atoms with Gasteiger partial charge in [0.05, 0.1) is 17.3 Å². The van der Waals surface area contributed by atoms with Crippen molar-refractivity contribution in [3.8, 4) is 0 Å². The van der Waals surface area contributed by atoms with Crippen LogP contribution in [0.2, 0.25) is 0 Å². The smallest absolute Gasteiger partial charge is 0.257 e. The van der Waals surface area contributed by atoms with Crippen LogP contribution >= 0.6 is 0 Å². The molecule has 7 heteroatoms. The van der Waals surface area contributed by atoms with Gasteiger partial charge in [0.25, 0.3) is 11.8 Å². The quantitative estimate of drug-likeness (QED) is 0.911. The van der Waals surface area contributed by atoms with Crippen LogP contribution in [0.25, 0.3) is 0 Å². The summed E-state index contributed by atoms with van der Waals surface area (Å²) in [7, 11) is 0. The van der Waals surface area contributed by atoms with Crippen LogP contribution in [0, 0.1) is 20.8 Å². The first kappa shape index (κ1) is 15.3. The second-order valence-electron chi connectivity index (χ2n) is 5.82. The second kappa shape index (κ2) is 5.91. The van der Waals surface area contributed by atoms with E-state index in [1.165, 1.54) is 0 Å². The summed E-state index contributed by atoms with van der Waals surface area (Å²) < 4.78 is 5.43. The zero-order chi connectivity index (χ0) is 16.6. The second-order valence-corrected chi connectivity index (χ2v) is 5.82. The van der Waals surface area contributed by atoms with Crippen molar-refractivity contribution in [2.24, 2.45) is 0 Å². The van der Waals surface area contributed by atoms with Gasteiger partial charge in [-0.2, -0.15) is 5.10 Å². The molecule has 0 radical (unpaired) electrons. The van der Waals surface area contributed by atoms with E-state index >= 15 is 0 Å². The highest BCUT2D eigenvalue weighted by Crippen LogP contribution is 2.18. The molecule has 1 N–H and O–H groups in total. The molecule has 1 saturated heterocycles. The number of nitrogens with zero attached hydrogens (tertiary/aromatic N) is 3. The molecule has 0 bridgehead atoms. The monoisotopic (exact) mass is 316 g/mol. The highest BCUT2D eigenvalue weighted by Gasteiger charge is 2.28. The number of amides is 2. The van der Waals surface area contributed by atoms with Crippen molar-refractivity contribution in [1.29, 1.82) is 0 Å². The molecule has 122 valence electrons. The van der Waals surface area contributed by atoms with E-state index in [0.29, 0.717) is 43.1 Å². The average Bonchev–Trinajstić information content (AvgIpc) is 3.11. The number of carbonyl (C=O) groups excluding carboxylic acids is 2. The van der Waals surface area contributed by atoms with E-state index in [-0.39, 0.29) is 11.8 Å². The fourth-order valence-corrected chi connectivity index (χ4v) is 2.86. The van der Waals surface area contributed by atoms with Crippen LogP contribution in [0.3, 0.4) is 0 Å². The first-order chi connectivity index (χ1) is 11.0. The van der Waals surface area contributed by atoms with E-state index in [2.05, 4.69) is 10.2 Å². The fraction of sp³-hybridized carbons (Fsp3) is 0.438. The molecule has 2 aromatic heterocycles. The van der Waals surface area contributed by atoms with Gasteiger partial charge in [-0.05, 0) is 26.8 Å². The summed E-state index contributed by atoms with van der Waals surface area (Å²) in [6.07, 6.45) is 1.55. The molecule has 1 aliphatic rings. The van der Waals surface area contributed by atoms with E-state index in [9.17, 15) is 9.59 Å². The lowest BCUT2D eigenvalue weighted by molar-refractivity contribution is 0.0534. The maximum Gasteiger partial charge on any atom is 0.257 e. The lowest BCUT2D eigenvalue weighted by Crippen LogP contribution is -2.50. The molecule has 2 aromatic rings. The largest absolute Gasteiger partial charge is 0.466 e. The highest BCUT2D eigenvalue weighted by atomic mass is 16.3.